The zero-order valence-electron chi connectivity index (χ0n) is 10.7. The fourth-order valence-corrected chi connectivity index (χ4v) is 2.67. The number of aliphatic carboxylic acids is 1. The summed E-state index contributed by atoms with van der Waals surface area (Å²) in [4.78, 5) is 14.1. The molecular formula is C13H11FN2O4S. The predicted octanol–water partition coefficient (Wildman–Crippen LogP) is 1.65. The van der Waals surface area contributed by atoms with E-state index in [0.29, 0.717) is 5.69 Å². The molecule has 21 heavy (non-hydrogen) atoms. The molecule has 0 aliphatic carbocycles. The number of hydrogen-bond donors (Lipinski definition) is 2. The Morgan fingerprint density at radius 1 is 1.29 bits per heavy atom. The van der Waals surface area contributed by atoms with E-state index in [0.717, 1.165) is 12.1 Å². The molecule has 0 saturated carbocycles. The van der Waals surface area contributed by atoms with Crippen LogP contribution in [0, 0.1) is 5.82 Å². The Kier molecular flexibility index (Phi) is 4.18. The van der Waals surface area contributed by atoms with E-state index in [-0.39, 0.29) is 17.0 Å². The summed E-state index contributed by atoms with van der Waals surface area (Å²) in [7, 11) is -3.92. The van der Waals surface area contributed by atoms with Gasteiger partial charge in [-0.1, -0.05) is 6.07 Å². The van der Waals surface area contributed by atoms with Crippen molar-refractivity contribution in [3.63, 3.8) is 0 Å². The summed E-state index contributed by atoms with van der Waals surface area (Å²) in [6, 6.07) is 7.38. The number of carbonyl (C=O) groups is 1. The van der Waals surface area contributed by atoms with Crippen molar-refractivity contribution < 1.29 is 22.7 Å². The molecule has 6 nitrogen and oxygen atoms in total. The van der Waals surface area contributed by atoms with E-state index in [1.54, 1.807) is 0 Å². The molecule has 0 saturated heterocycles. The molecule has 0 spiro atoms. The molecule has 0 aliphatic rings. The Bertz CT molecular complexity index is 760. The minimum absolute atomic E-state index is 0.161. The summed E-state index contributed by atoms with van der Waals surface area (Å²) >= 11 is 0. The number of carboxylic acids is 1. The molecule has 2 aromatic rings. The van der Waals surface area contributed by atoms with E-state index in [2.05, 4.69) is 9.71 Å². The Labute approximate surface area is 120 Å². The molecule has 0 aliphatic heterocycles. The standard InChI is InChI=1S/C13H11FN2O4S/c14-9-2-1-3-12(6-9)21(19,20)16-11-5-4-10(15-8-11)7-13(17)18/h1-6,8,16H,7H2,(H,17,18). The normalized spacial score (nSPS) is 11.1. The highest BCUT2D eigenvalue weighted by atomic mass is 32.2. The average molecular weight is 310 g/mol. The number of anilines is 1. The van der Waals surface area contributed by atoms with Gasteiger partial charge in [0.25, 0.3) is 10.0 Å². The van der Waals surface area contributed by atoms with Crippen molar-refractivity contribution >= 4 is 21.7 Å². The van der Waals surface area contributed by atoms with Crippen LogP contribution in [-0.2, 0) is 21.2 Å². The number of aromatic nitrogens is 1. The van der Waals surface area contributed by atoms with Gasteiger partial charge < -0.3 is 5.11 Å². The Balaban J connectivity index is 2.19. The van der Waals surface area contributed by atoms with Crippen molar-refractivity contribution in [1.29, 1.82) is 0 Å². The third-order valence-electron chi connectivity index (χ3n) is 2.52. The van der Waals surface area contributed by atoms with Gasteiger partial charge in [-0.3, -0.25) is 14.5 Å². The summed E-state index contributed by atoms with van der Waals surface area (Å²) in [5, 5.41) is 8.61. The summed E-state index contributed by atoms with van der Waals surface area (Å²) in [5.74, 6) is -1.69. The second-order valence-corrected chi connectivity index (χ2v) is 5.85. The Hall–Kier alpha value is -2.48. The van der Waals surface area contributed by atoms with Crippen LogP contribution in [0.4, 0.5) is 10.1 Å². The van der Waals surface area contributed by atoms with E-state index >= 15 is 0 Å². The second kappa shape index (κ2) is 5.88. The SMILES string of the molecule is O=C(O)Cc1ccc(NS(=O)(=O)c2cccc(F)c2)cn1. The second-order valence-electron chi connectivity index (χ2n) is 4.17. The van der Waals surface area contributed by atoms with Crippen molar-refractivity contribution in [3.05, 3.63) is 54.1 Å². The van der Waals surface area contributed by atoms with Gasteiger partial charge in [0.1, 0.15) is 5.82 Å². The van der Waals surface area contributed by atoms with Crippen molar-refractivity contribution in [1.82, 2.24) is 4.98 Å². The van der Waals surface area contributed by atoms with E-state index in [1.165, 1.54) is 30.5 Å². The summed E-state index contributed by atoms with van der Waals surface area (Å²) in [5.41, 5.74) is 0.463. The summed E-state index contributed by atoms with van der Waals surface area (Å²) < 4.78 is 39.3. The van der Waals surface area contributed by atoms with Crippen LogP contribution in [0.2, 0.25) is 0 Å². The van der Waals surface area contributed by atoms with Gasteiger partial charge in [0.05, 0.1) is 28.9 Å². The first-order valence-corrected chi connectivity index (χ1v) is 7.30. The van der Waals surface area contributed by atoms with Crippen LogP contribution >= 0.6 is 0 Å². The molecule has 0 radical (unpaired) electrons. The number of halogens is 1. The van der Waals surface area contributed by atoms with E-state index < -0.39 is 21.8 Å². The lowest BCUT2D eigenvalue weighted by atomic mass is 10.3. The highest BCUT2D eigenvalue weighted by Gasteiger charge is 2.15. The minimum atomic E-state index is -3.92. The van der Waals surface area contributed by atoms with E-state index in [4.69, 9.17) is 5.11 Å². The third-order valence-corrected chi connectivity index (χ3v) is 3.89. The molecule has 1 aromatic carbocycles. The molecular weight excluding hydrogens is 299 g/mol. The molecule has 2 N–H and O–H groups in total. The summed E-state index contributed by atoms with van der Waals surface area (Å²) in [6.45, 7) is 0. The van der Waals surface area contributed by atoms with Crippen LogP contribution < -0.4 is 4.72 Å². The fourth-order valence-electron chi connectivity index (χ4n) is 1.59. The molecule has 0 atom stereocenters. The van der Waals surface area contributed by atoms with Crippen LogP contribution in [0.15, 0.2) is 47.5 Å². The number of rotatable bonds is 5. The number of sulfonamides is 1. The van der Waals surface area contributed by atoms with Crippen molar-refractivity contribution in [2.24, 2.45) is 0 Å². The minimum Gasteiger partial charge on any atom is -0.481 e. The lowest BCUT2D eigenvalue weighted by Gasteiger charge is -2.08. The number of nitrogens with one attached hydrogen (secondary N) is 1. The van der Waals surface area contributed by atoms with Crippen molar-refractivity contribution in [3.8, 4) is 0 Å². The van der Waals surface area contributed by atoms with Gasteiger partial charge >= 0.3 is 5.97 Å². The molecule has 2 rings (SSSR count). The molecule has 0 amide bonds. The van der Waals surface area contributed by atoms with Crippen molar-refractivity contribution in [2.45, 2.75) is 11.3 Å². The van der Waals surface area contributed by atoms with Gasteiger partial charge in [0, 0.05) is 0 Å². The maximum atomic E-state index is 13.1. The monoisotopic (exact) mass is 310 g/mol. The van der Waals surface area contributed by atoms with Crippen LogP contribution in [0.25, 0.3) is 0 Å². The maximum absolute atomic E-state index is 13.1. The number of nitrogens with zero attached hydrogens (tertiary/aromatic N) is 1. The van der Waals surface area contributed by atoms with Gasteiger partial charge in [0.15, 0.2) is 0 Å². The molecule has 1 aromatic heterocycles. The average Bonchev–Trinajstić information content (AvgIpc) is 2.40. The zero-order chi connectivity index (χ0) is 15.5. The number of carboxylic acid groups (broad SMARTS) is 1. The molecule has 0 unspecified atom stereocenters. The van der Waals surface area contributed by atoms with Gasteiger partial charge in [-0.15, -0.1) is 0 Å². The Morgan fingerprint density at radius 2 is 2.05 bits per heavy atom. The lowest BCUT2D eigenvalue weighted by molar-refractivity contribution is -0.136. The first-order valence-electron chi connectivity index (χ1n) is 5.82. The maximum Gasteiger partial charge on any atom is 0.309 e. The molecule has 0 bridgehead atoms. The van der Waals surface area contributed by atoms with Crippen LogP contribution in [-0.4, -0.2) is 24.5 Å². The molecule has 110 valence electrons. The predicted molar refractivity (Wildman–Crippen MR) is 72.8 cm³/mol. The third kappa shape index (κ3) is 3.99. The van der Waals surface area contributed by atoms with Crippen LogP contribution in [0.3, 0.4) is 0 Å². The first-order chi connectivity index (χ1) is 9.87. The van der Waals surface area contributed by atoms with Crippen LogP contribution in [0.1, 0.15) is 5.69 Å². The smallest absolute Gasteiger partial charge is 0.309 e. The van der Waals surface area contributed by atoms with E-state index in [1.807, 2.05) is 0 Å². The number of pyridine rings is 1. The Morgan fingerprint density at radius 3 is 2.62 bits per heavy atom. The van der Waals surface area contributed by atoms with Gasteiger partial charge in [-0.25, -0.2) is 12.8 Å². The molecule has 0 fully saturated rings. The highest BCUT2D eigenvalue weighted by molar-refractivity contribution is 7.92. The summed E-state index contributed by atoms with van der Waals surface area (Å²) in [6.07, 6.45) is 0.950. The zero-order valence-corrected chi connectivity index (χ0v) is 11.5. The van der Waals surface area contributed by atoms with Gasteiger partial charge in [0.2, 0.25) is 0 Å². The largest absolute Gasteiger partial charge is 0.481 e. The topological polar surface area (TPSA) is 96.4 Å². The van der Waals surface area contributed by atoms with Crippen molar-refractivity contribution in [2.75, 3.05) is 4.72 Å². The molecule has 1 heterocycles. The number of benzene rings is 1. The quantitative estimate of drug-likeness (QED) is 0.875. The first kappa shape index (κ1) is 14.9. The number of hydrogen-bond acceptors (Lipinski definition) is 4. The molecule has 8 heteroatoms. The highest BCUT2D eigenvalue weighted by Crippen LogP contribution is 2.16. The fraction of sp³-hybridized carbons (Fsp3) is 0.0769. The van der Waals surface area contributed by atoms with Gasteiger partial charge in [-0.05, 0) is 30.3 Å². The van der Waals surface area contributed by atoms with Gasteiger partial charge in [-0.2, -0.15) is 0 Å². The lowest BCUT2D eigenvalue weighted by Crippen LogP contribution is -2.13. The van der Waals surface area contributed by atoms with Crippen LogP contribution in [0.5, 0.6) is 0 Å². The van der Waals surface area contributed by atoms with E-state index in [9.17, 15) is 17.6 Å².